The maximum Gasteiger partial charge on any atom is 0.416 e. The lowest BCUT2D eigenvalue weighted by Crippen LogP contribution is -2.32. The highest BCUT2D eigenvalue weighted by molar-refractivity contribution is 5.77. The number of hydrogen-bond donors (Lipinski definition) is 2. The van der Waals surface area contributed by atoms with Crippen molar-refractivity contribution in [3.63, 3.8) is 0 Å². The molecule has 27 heavy (non-hydrogen) atoms. The number of alkyl carbamates (subject to hydrolysis) is 1. The number of rotatable bonds is 3. The van der Waals surface area contributed by atoms with Gasteiger partial charge in [0.25, 0.3) is 0 Å². The van der Waals surface area contributed by atoms with Crippen LogP contribution < -0.4 is 11.1 Å². The zero-order valence-electron chi connectivity index (χ0n) is 15.1. The number of carbonyl (C=O) groups excluding carboxylic acids is 1. The summed E-state index contributed by atoms with van der Waals surface area (Å²) in [5, 5.41) is 2.56. The summed E-state index contributed by atoms with van der Waals surface area (Å²) in [6.07, 6.45) is -5.22. The number of ether oxygens (including phenoxy) is 1. The molecule has 2 rings (SSSR count). The van der Waals surface area contributed by atoms with Crippen molar-refractivity contribution < 1.29 is 27.1 Å². The minimum atomic E-state index is -4.62. The van der Waals surface area contributed by atoms with Gasteiger partial charge in [0.1, 0.15) is 11.4 Å². The van der Waals surface area contributed by atoms with Gasteiger partial charge in [0.15, 0.2) is 0 Å². The number of anilines is 1. The number of nitrogens with two attached hydrogens (primary N) is 1. The maximum atomic E-state index is 14.1. The van der Waals surface area contributed by atoms with Gasteiger partial charge in [0.05, 0.1) is 5.56 Å². The lowest BCUT2D eigenvalue weighted by atomic mass is 9.99. The van der Waals surface area contributed by atoms with Crippen molar-refractivity contribution in [1.29, 1.82) is 0 Å². The van der Waals surface area contributed by atoms with Gasteiger partial charge in [-0.05, 0) is 44.5 Å². The fourth-order valence-electron chi connectivity index (χ4n) is 2.37. The maximum absolute atomic E-state index is 14.1. The molecule has 4 nitrogen and oxygen atoms in total. The number of nitrogens with one attached hydrogen (secondary N) is 1. The molecule has 0 heterocycles. The van der Waals surface area contributed by atoms with Crippen LogP contribution in [0.15, 0.2) is 36.4 Å². The Balaban J connectivity index is 2.16. The van der Waals surface area contributed by atoms with Crippen molar-refractivity contribution in [3.05, 3.63) is 53.3 Å². The van der Waals surface area contributed by atoms with Crippen LogP contribution in [0.2, 0.25) is 0 Å². The predicted molar refractivity (Wildman–Crippen MR) is 94.3 cm³/mol. The minimum Gasteiger partial charge on any atom is -0.444 e. The van der Waals surface area contributed by atoms with Crippen LogP contribution in [0.25, 0.3) is 11.1 Å². The second-order valence-electron chi connectivity index (χ2n) is 6.97. The third kappa shape index (κ3) is 5.60. The molecule has 2 aromatic carbocycles. The molecule has 0 aliphatic carbocycles. The molecule has 2 aromatic rings. The van der Waals surface area contributed by atoms with E-state index in [2.05, 4.69) is 5.32 Å². The van der Waals surface area contributed by atoms with E-state index in [1.807, 2.05) is 0 Å². The highest BCUT2D eigenvalue weighted by Gasteiger charge is 2.31. The summed E-state index contributed by atoms with van der Waals surface area (Å²) in [6.45, 7) is 5.34. The number of nitrogen functional groups attached to an aromatic ring is 1. The SMILES string of the molecule is CC(C)(C)OC(=O)NCc1ccc(-c2ccc(C(F)(F)F)cc2F)c(N)c1. The summed E-state index contributed by atoms with van der Waals surface area (Å²) in [7, 11) is 0. The second-order valence-corrected chi connectivity index (χ2v) is 6.97. The lowest BCUT2D eigenvalue weighted by Gasteiger charge is -2.19. The first kappa shape index (κ1) is 20.5. The monoisotopic (exact) mass is 384 g/mol. The van der Waals surface area contributed by atoms with Crippen molar-refractivity contribution in [2.45, 2.75) is 39.1 Å². The Morgan fingerprint density at radius 2 is 1.70 bits per heavy atom. The number of benzene rings is 2. The molecule has 0 unspecified atom stereocenters. The van der Waals surface area contributed by atoms with Crippen LogP contribution in [-0.4, -0.2) is 11.7 Å². The molecule has 0 spiro atoms. The average Bonchev–Trinajstić information content (AvgIpc) is 2.51. The van der Waals surface area contributed by atoms with E-state index < -0.39 is 29.3 Å². The zero-order chi connectivity index (χ0) is 20.4. The third-order valence-electron chi connectivity index (χ3n) is 3.54. The first-order chi connectivity index (χ1) is 12.4. The first-order valence-electron chi connectivity index (χ1n) is 8.09. The molecular weight excluding hydrogens is 364 g/mol. The molecule has 1 amide bonds. The Morgan fingerprint density at radius 3 is 2.22 bits per heavy atom. The normalized spacial score (nSPS) is 12.0. The lowest BCUT2D eigenvalue weighted by molar-refractivity contribution is -0.137. The van der Waals surface area contributed by atoms with Crippen molar-refractivity contribution in [2.75, 3.05) is 5.73 Å². The standard InChI is InChI=1S/C19H20F4N2O2/c1-18(2,3)27-17(26)25-10-11-4-6-14(16(24)8-11)13-7-5-12(9-15(13)20)19(21,22)23/h4-9H,10,24H2,1-3H3,(H,25,26). The summed E-state index contributed by atoms with van der Waals surface area (Å²) < 4.78 is 57.2. The fraction of sp³-hybridized carbons (Fsp3) is 0.316. The van der Waals surface area contributed by atoms with E-state index in [9.17, 15) is 22.4 Å². The molecule has 0 aliphatic heterocycles. The number of alkyl halides is 3. The van der Waals surface area contributed by atoms with Crippen molar-refractivity contribution in [1.82, 2.24) is 5.32 Å². The summed E-state index contributed by atoms with van der Waals surface area (Å²) in [5.74, 6) is -1.02. The number of halogens is 4. The number of carbonyl (C=O) groups is 1. The summed E-state index contributed by atoms with van der Waals surface area (Å²) >= 11 is 0. The Labute approximate surface area is 154 Å². The van der Waals surface area contributed by atoms with E-state index in [-0.39, 0.29) is 23.4 Å². The van der Waals surface area contributed by atoms with Crippen molar-refractivity contribution in [3.8, 4) is 11.1 Å². The van der Waals surface area contributed by atoms with Gasteiger partial charge < -0.3 is 15.8 Å². The largest absolute Gasteiger partial charge is 0.444 e. The van der Waals surface area contributed by atoms with Crippen LogP contribution in [0, 0.1) is 5.82 Å². The summed E-state index contributed by atoms with van der Waals surface area (Å²) in [6, 6.07) is 6.89. The zero-order valence-corrected chi connectivity index (χ0v) is 15.1. The van der Waals surface area contributed by atoms with E-state index in [0.717, 1.165) is 12.1 Å². The molecule has 0 bridgehead atoms. The van der Waals surface area contributed by atoms with Gasteiger partial charge >= 0.3 is 12.3 Å². The average molecular weight is 384 g/mol. The van der Waals surface area contributed by atoms with Crippen LogP contribution in [0.5, 0.6) is 0 Å². The number of amides is 1. The van der Waals surface area contributed by atoms with E-state index in [1.165, 1.54) is 12.1 Å². The van der Waals surface area contributed by atoms with Crippen molar-refractivity contribution in [2.24, 2.45) is 0 Å². The molecule has 0 saturated carbocycles. The van der Waals surface area contributed by atoms with Gasteiger partial charge in [-0.1, -0.05) is 18.2 Å². The molecule has 0 saturated heterocycles. The Morgan fingerprint density at radius 1 is 1.07 bits per heavy atom. The topological polar surface area (TPSA) is 64.3 Å². The molecule has 0 fully saturated rings. The molecule has 0 aliphatic rings. The third-order valence-corrected chi connectivity index (χ3v) is 3.54. The summed E-state index contributed by atoms with van der Waals surface area (Å²) in [4.78, 5) is 11.7. The van der Waals surface area contributed by atoms with E-state index in [0.29, 0.717) is 11.6 Å². The number of hydrogen-bond acceptors (Lipinski definition) is 3. The van der Waals surface area contributed by atoms with E-state index in [1.54, 1.807) is 26.8 Å². The van der Waals surface area contributed by atoms with Crippen LogP contribution >= 0.6 is 0 Å². The fourth-order valence-corrected chi connectivity index (χ4v) is 2.37. The van der Waals surface area contributed by atoms with Crippen LogP contribution in [0.1, 0.15) is 31.9 Å². The van der Waals surface area contributed by atoms with Crippen molar-refractivity contribution >= 4 is 11.8 Å². The van der Waals surface area contributed by atoms with Crippen LogP contribution in [0.4, 0.5) is 28.0 Å². The highest BCUT2D eigenvalue weighted by atomic mass is 19.4. The molecule has 3 N–H and O–H groups in total. The molecular formula is C19H20F4N2O2. The van der Waals surface area contributed by atoms with Gasteiger partial charge in [-0.15, -0.1) is 0 Å². The van der Waals surface area contributed by atoms with Crippen LogP contribution in [0.3, 0.4) is 0 Å². The Hall–Kier alpha value is -2.77. The molecule has 0 radical (unpaired) electrons. The van der Waals surface area contributed by atoms with E-state index >= 15 is 0 Å². The van der Waals surface area contributed by atoms with Gasteiger partial charge in [-0.3, -0.25) is 0 Å². The predicted octanol–water partition coefficient (Wildman–Crippen LogP) is 5.12. The molecule has 0 atom stereocenters. The van der Waals surface area contributed by atoms with Gasteiger partial charge in [-0.25, -0.2) is 9.18 Å². The first-order valence-corrected chi connectivity index (χ1v) is 8.09. The van der Waals surface area contributed by atoms with E-state index in [4.69, 9.17) is 10.5 Å². The molecule has 146 valence electrons. The Kier molecular flexibility index (Phi) is 5.67. The minimum absolute atomic E-state index is 0.0350. The van der Waals surface area contributed by atoms with Gasteiger partial charge in [0.2, 0.25) is 0 Å². The smallest absolute Gasteiger partial charge is 0.416 e. The molecule has 0 aromatic heterocycles. The van der Waals surface area contributed by atoms with Gasteiger partial charge in [-0.2, -0.15) is 13.2 Å². The van der Waals surface area contributed by atoms with Crippen LogP contribution in [-0.2, 0) is 17.5 Å². The molecule has 8 heteroatoms. The highest BCUT2D eigenvalue weighted by Crippen LogP contribution is 2.34. The second kappa shape index (κ2) is 7.46. The van der Waals surface area contributed by atoms with Gasteiger partial charge in [0, 0.05) is 23.4 Å². The quantitative estimate of drug-likeness (QED) is 0.570. The Bertz CT molecular complexity index is 843. The summed E-state index contributed by atoms with van der Waals surface area (Å²) in [5.41, 5.74) is 5.26.